The molecule has 12 nitrogen and oxygen atoms in total. The van der Waals surface area contributed by atoms with Gasteiger partial charge in [-0.05, 0) is 62.2 Å². The number of aryl methyl sites for hydroxylation is 1. The van der Waals surface area contributed by atoms with E-state index >= 15 is 0 Å². The van der Waals surface area contributed by atoms with Crippen LogP contribution in [0.1, 0.15) is 28.1 Å². The molecule has 1 saturated heterocycles. The van der Waals surface area contributed by atoms with Crippen molar-refractivity contribution in [1.29, 1.82) is 0 Å². The van der Waals surface area contributed by atoms with Crippen molar-refractivity contribution in [3.05, 3.63) is 68.0 Å². The molecule has 0 bridgehead atoms. The molecule has 14 heteroatoms. The van der Waals surface area contributed by atoms with Crippen molar-refractivity contribution in [2.24, 2.45) is 5.92 Å². The molecule has 1 unspecified atom stereocenters. The van der Waals surface area contributed by atoms with Gasteiger partial charge in [0, 0.05) is 12.0 Å². The summed E-state index contributed by atoms with van der Waals surface area (Å²) in [6, 6.07) is 11.0. The molecule has 216 valence electrons. The van der Waals surface area contributed by atoms with Crippen molar-refractivity contribution in [3.63, 3.8) is 0 Å². The molecular weight excluding hydrogens is 578 g/mol. The van der Waals surface area contributed by atoms with Crippen molar-refractivity contribution in [2.45, 2.75) is 25.9 Å². The van der Waals surface area contributed by atoms with Crippen molar-refractivity contribution in [2.75, 3.05) is 25.0 Å². The Labute approximate surface area is 243 Å². The summed E-state index contributed by atoms with van der Waals surface area (Å²) in [5.41, 5.74) is 0.963. The number of hydrogen-bond acceptors (Lipinski definition) is 9. The van der Waals surface area contributed by atoms with Gasteiger partial charge in [0.15, 0.2) is 23.3 Å². The first-order chi connectivity index (χ1) is 19.5. The van der Waals surface area contributed by atoms with Crippen LogP contribution in [0.3, 0.4) is 0 Å². The molecule has 1 aromatic heterocycles. The zero-order valence-electron chi connectivity index (χ0n) is 21.7. The molecule has 0 aliphatic carbocycles. The number of aliphatic carboxylic acids is 1. The van der Waals surface area contributed by atoms with Crippen LogP contribution in [0.2, 0.25) is 5.02 Å². The van der Waals surface area contributed by atoms with Crippen molar-refractivity contribution < 1.29 is 39.0 Å². The van der Waals surface area contributed by atoms with E-state index in [9.17, 15) is 29.6 Å². The highest BCUT2D eigenvalue weighted by Gasteiger charge is 2.33. The number of nitrogens with zero attached hydrogens (tertiary/aromatic N) is 1. The summed E-state index contributed by atoms with van der Waals surface area (Å²) in [5.74, 6) is -3.32. The number of aromatic carboxylic acids is 1. The molecule has 1 aliphatic heterocycles. The lowest BCUT2D eigenvalue weighted by molar-refractivity contribution is -0.384. The number of hydrogen-bond donors (Lipinski definition) is 4. The Morgan fingerprint density at radius 1 is 1.20 bits per heavy atom. The molecule has 1 atom stereocenters. The maximum atomic E-state index is 13.5. The highest BCUT2D eigenvalue weighted by Crippen LogP contribution is 2.46. The van der Waals surface area contributed by atoms with Crippen LogP contribution in [0.5, 0.6) is 11.5 Å². The molecular formula is C27H26ClN3O9S. The summed E-state index contributed by atoms with van der Waals surface area (Å²) < 4.78 is 11.4. The molecule has 4 N–H and O–H groups in total. The van der Waals surface area contributed by atoms with Gasteiger partial charge in [-0.2, -0.15) is 0 Å². The molecule has 1 fully saturated rings. The summed E-state index contributed by atoms with van der Waals surface area (Å²) in [6.45, 7) is 2.29. The Kier molecular flexibility index (Phi) is 9.42. The Morgan fingerprint density at radius 3 is 2.59 bits per heavy atom. The van der Waals surface area contributed by atoms with E-state index < -0.39 is 35.5 Å². The number of anilines is 1. The Balaban J connectivity index is 1.64. The van der Waals surface area contributed by atoms with Crippen LogP contribution in [0.15, 0.2) is 42.5 Å². The first-order valence-electron chi connectivity index (χ1n) is 12.5. The van der Waals surface area contributed by atoms with Gasteiger partial charge in [-0.1, -0.05) is 29.8 Å². The third kappa shape index (κ3) is 7.12. The third-order valence-corrected chi connectivity index (χ3v) is 8.06. The predicted molar refractivity (Wildman–Crippen MR) is 151 cm³/mol. The SMILES string of the molecule is Cc1ccc(NC(=O)C(Oc2cccc(-c3sc(C(=O)O)c(OCC(=O)O)c3Cl)c2)C2CCNCC2)c([N+](=O)[O-])c1. The average molecular weight is 604 g/mol. The number of nitro groups is 1. The Morgan fingerprint density at radius 2 is 1.93 bits per heavy atom. The summed E-state index contributed by atoms with van der Waals surface area (Å²) >= 11 is 7.24. The Bertz CT molecular complexity index is 1490. The number of nitrogens with one attached hydrogen (secondary N) is 2. The van der Waals surface area contributed by atoms with E-state index in [2.05, 4.69) is 10.6 Å². The number of thiophene rings is 1. The normalized spacial score (nSPS) is 14.2. The second-order valence-electron chi connectivity index (χ2n) is 9.31. The standard InChI is InChI=1S/C27H26ClN3O9S/c1-14-5-6-18(19(11-14)31(37)38)30-26(34)22(15-7-9-29-10-8-15)40-17-4-2-3-16(12-17)24-21(28)23(39-13-20(32)33)25(41-24)27(35)36/h2-6,11-12,15,22,29H,7-10,13H2,1H3,(H,30,34)(H,32,33)(H,35,36). The lowest BCUT2D eigenvalue weighted by atomic mass is 9.91. The second-order valence-corrected chi connectivity index (χ2v) is 10.7. The predicted octanol–water partition coefficient (Wildman–Crippen LogP) is 4.83. The minimum atomic E-state index is -1.33. The minimum absolute atomic E-state index is 0.0577. The molecule has 2 aromatic carbocycles. The number of halogens is 1. The molecule has 2 heterocycles. The van der Waals surface area contributed by atoms with Crippen LogP contribution in [0.4, 0.5) is 11.4 Å². The summed E-state index contributed by atoms with van der Waals surface area (Å²) in [6.07, 6.45) is 0.282. The monoisotopic (exact) mass is 603 g/mol. The number of carbonyl (C=O) groups is 3. The van der Waals surface area contributed by atoms with E-state index in [-0.39, 0.29) is 38.7 Å². The number of benzene rings is 2. The molecule has 4 rings (SSSR count). The fraction of sp³-hybridized carbons (Fsp3) is 0.296. The number of piperidine rings is 1. The van der Waals surface area contributed by atoms with Crippen LogP contribution >= 0.6 is 22.9 Å². The van der Waals surface area contributed by atoms with E-state index in [0.29, 0.717) is 41.9 Å². The second kappa shape index (κ2) is 13.0. The van der Waals surface area contributed by atoms with Crippen molar-refractivity contribution >= 4 is 52.2 Å². The van der Waals surface area contributed by atoms with E-state index in [4.69, 9.17) is 26.2 Å². The largest absolute Gasteiger partial charge is 0.480 e. The number of carboxylic acid groups (broad SMARTS) is 2. The van der Waals surface area contributed by atoms with E-state index in [1.807, 2.05) is 0 Å². The fourth-order valence-electron chi connectivity index (χ4n) is 4.46. The molecule has 1 aliphatic rings. The van der Waals surface area contributed by atoms with Crippen LogP contribution in [0.25, 0.3) is 10.4 Å². The van der Waals surface area contributed by atoms with Crippen LogP contribution in [-0.2, 0) is 9.59 Å². The third-order valence-electron chi connectivity index (χ3n) is 6.38. The number of amides is 1. The number of carboxylic acids is 2. The molecule has 41 heavy (non-hydrogen) atoms. The highest BCUT2D eigenvalue weighted by atomic mass is 35.5. The molecule has 1 amide bonds. The van der Waals surface area contributed by atoms with Crippen molar-refractivity contribution in [1.82, 2.24) is 5.32 Å². The summed E-state index contributed by atoms with van der Waals surface area (Å²) in [4.78, 5) is 47.3. The molecule has 0 saturated carbocycles. The minimum Gasteiger partial charge on any atom is -0.480 e. The van der Waals surface area contributed by atoms with E-state index in [0.717, 1.165) is 11.3 Å². The van der Waals surface area contributed by atoms with Gasteiger partial charge >= 0.3 is 11.9 Å². The number of ether oxygens (including phenoxy) is 2. The highest BCUT2D eigenvalue weighted by molar-refractivity contribution is 7.18. The molecule has 0 radical (unpaired) electrons. The smallest absolute Gasteiger partial charge is 0.349 e. The molecule has 0 spiro atoms. The van der Waals surface area contributed by atoms with Gasteiger partial charge < -0.3 is 30.3 Å². The van der Waals surface area contributed by atoms with Crippen LogP contribution in [-0.4, -0.2) is 58.8 Å². The van der Waals surface area contributed by atoms with Gasteiger partial charge in [-0.25, -0.2) is 9.59 Å². The lowest BCUT2D eigenvalue weighted by Crippen LogP contribution is -2.44. The maximum absolute atomic E-state index is 13.5. The zero-order valence-corrected chi connectivity index (χ0v) is 23.3. The lowest BCUT2D eigenvalue weighted by Gasteiger charge is -2.30. The summed E-state index contributed by atoms with van der Waals surface area (Å²) in [5, 5.41) is 36.0. The first-order valence-corrected chi connectivity index (χ1v) is 13.7. The van der Waals surface area contributed by atoms with Gasteiger partial charge in [-0.3, -0.25) is 14.9 Å². The number of rotatable bonds is 11. The van der Waals surface area contributed by atoms with E-state index in [1.54, 1.807) is 37.3 Å². The maximum Gasteiger partial charge on any atom is 0.349 e. The average Bonchev–Trinajstić information content (AvgIpc) is 3.28. The van der Waals surface area contributed by atoms with E-state index in [1.165, 1.54) is 12.1 Å². The van der Waals surface area contributed by atoms with Crippen LogP contribution in [0, 0.1) is 23.0 Å². The quantitative estimate of drug-likeness (QED) is 0.175. The van der Waals surface area contributed by atoms with Gasteiger partial charge in [-0.15, -0.1) is 11.3 Å². The van der Waals surface area contributed by atoms with Crippen LogP contribution < -0.4 is 20.1 Å². The van der Waals surface area contributed by atoms with Gasteiger partial charge in [0.2, 0.25) is 0 Å². The number of nitro benzene ring substituents is 1. The van der Waals surface area contributed by atoms with Gasteiger partial charge in [0.1, 0.15) is 16.5 Å². The van der Waals surface area contributed by atoms with Crippen molar-refractivity contribution in [3.8, 4) is 21.9 Å². The number of carbonyl (C=O) groups excluding carboxylic acids is 1. The Hall–Kier alpha value is -4.20. The summed E-state index contributed by atoms with van der Waals surface area (Å²) in [7, 11) is 0. The fourth-order valence-corrected chi connectivity index (χ4v) is 5.86. The topological polar surface area (TPSA) is 177 Å². The van der Waals surface area contributed by atoms with Gasteiger partial charge in [0.05, 0.1) is 9.80 Å². The van der Waals surface area contributed by atoms with Gasteiger partial charge in [0.25, 0.3) is 11.6 Å². The molecule has 3 aromatic rings. The zero-order chi connectivity index (χ0) is 29.7. The first kappa shape index (κ1) is 29.8.